The van der Waals surface area contributed by atoms with Gasteiger partial charge < -0.3 is 10.1 Å². The summed E-state index contributed by atoms with van der Waals surface area (Å²) in [5, 5.41) is 3.46. The molecule has 0 spiro atoms. The van der Waals surface area contributed by atoms with Crippen LogP contribution in [0.3, 0.4) is 0 Å². The van der Waals surface area contributed by atoms with Gasteiger partial charge >= 0.3 is 0 Å². The van der Waals surface area contributed by atoms with Gasteiger partial charge in [0.05, 0.1) is 13.2 Å². The van der Waals surface area contributed by atoms with Crippen molar-refractivity contribution in [3.8, 4) is 0 Å². The molecular weight excluding hydrogens is 234 g/mol. The van der Waals surface area contributed by atoms with E-state index in [4.69, 9.17) is 4.74 Å². The minimum atomic E-state index is 0.626. The molecular formula is C17H25NO. The summed E-state index contributed by atoms with van der Waals surface area (Å²) in [4.78, 5) is 0. The molecule has 2 aliphatic rings. The molecule has 0 radical (unpaired) electrons. The second-order valence-electron chi connectivity index (χ2n) is 6.04. The summed E-state index contributed by atoms with van der Waals surface area (Å²) in [7, 11) is 0. The van der Waals surface area contributed by atoms with E-state index in [1.54, 1.807) is 5.56 Å². The average molecular weight is 259 g/mol. The number of fused-ring (bicyclic) bond motifs is 1. The van der Waals surface area contributed by atoms with Gasteiger partial charge in [-0.1, -0.05) is 24.3 Å². The van der Waals surface area contributed by atoms with Gasteiger partial charge in [0.15, 0.2) is 0 Å². The van der Waals surface area contributed by atoms with Gasteiger partial charge in [0, 0.05) is 12.5 Å². The Hall–Kier alpha value is -0.860. The van der Waals surface area contributed by atoms with E-state index in [9.17, 15) is 0 Å². The molecule has 1 heterocycles. The molecule has 104 valence electrons. The van der Waals surface area contributed by atoms with Crippen molar-refractivity contribution in [2.45, 2.75) is 38.0 Å². The van der Waals surface area contributed by atoms with Crippen LogP contribution in [0, 0.1) is 5.92 Å². The Kier molecular flexibility index (Phi) is 4.52. The average Bonchev–Trinajstić information content (AvgIpc) is 2.49. The minimum Gasteiger partial charge on any atom is -0.380 e. The predicted octanol–water partition coefficient (Wildman–Crippen LogP) is 3.12. The molecule has 19 heavy (non-hydrogen) atoms. The fourth-order valence-corrected chi connectivity index (χ4v) is 3.47. The highest BCUT2D eigenvalue weighted by atomic mass is 16.5. The topological polar surface area (TPSA) is 21.3 Å². The summed E-state index contributed by atoms with van der Waals surface area (Å²) in [6.45, 7) is 4.17. The second kappa shape index (κ2) is 6.53. The highest BCUT2D eigenvalue weighted by molar-refractivity contribution is 5.32. The maximum Gasteiger partial charge on any atom is 0.0534 e. The Balaban J connectivity index is 1.50. The Bertz CT molecular complexity index is 398. The highest BCUT2D eigenvalue weighted by Crippen LogP contribution is 2.31. The van der Waals surface area contributed by atoms with Crippen molar-refractivity contribution in [1.82, 2.24) is 5.32 Å². The second-order valence-corrected chi connectivity index (χ2v) is 6.04. The molecule has 2 unspecified atom stereocenters. The normalized spacial score (nSPS) is 26.9. The molecule has 0 aromatic heterocycles. The number of ether oxygens (including phenoxy) is 1. The Morgan fingerprint density at radius 2 is 2.05 bits per heavy atom. The van der Waals surface area contributed by atoms with Gasteiger partial charge in [-0.05, 0) is 55.7 Å². The van der Waals surface area contributed by atoms with Gasteiger partial charge in [0.25, 0.3) is 0 Å². The van der Waals surface area contributed by atoms with Crippen LogP contribution in [0.15, 0.2) is 24.3 Å². The maximum atomic E-state index is 6.03. The maximum absolute atomic E-state index is 6.03. The van der Waals surface area contributed by atoms with E-state index in [1.807, 2.05) is 0 Å². The molecule has 1 fully saturated rings. The first-order valence-corrected chi connectivity index (χ1v) is 7.80. The van der Waals surface area contributed by atoms with E-state index in [-0.39, 0.29) is 0 Å². The van der Waals surface area contributed by atoms with Gasteiger partial charge in [-0.2, -0.15) is 0 Å². The van der Waals surface area contributed by atoms with Crippen LogP contribution < -0.4 is 5.32 Å². The molecule has 1 aliphatic carbocycles. The lowest BCUT2D eigenvalue weighted by Crippen LogP contribution is -2.32. The zero-order valence-corrected chi connectivity index (χ0v) is 11.7. The third kappa shape index (κ3) is 3.37. The fraction of sp³-hybridized carbons (Fsp3) is 0.647. The monoisotopic (exact) mass is 259 g/mol. The molecule has 2 atom stereocenters. The van der Waals surface area contributed by atoms with Gasteiger partial charge in [0.2, 0.25) is 0 Å². The van der Waals surface area contributed by atoms with Crippen LogP contribution >= 0.6 is 0 Å². The summed E-state index contributed by atoms with van der Waals surface area (Å²) in [6.07, 6.45) is 6.49. The first kappa shape index (κ1) is 13.1. The quantitative estimate of drug-likeness (QED) is 0.897. The van der Waals surface area contributed by atoms with Crippen molar-refractivity contribution in [2.24, 2.45) is 5.92 Å². The molecule has 1 aliphatic heterocycles. The summed E-state index contributed by atoms with van der Waals surface area (Å²) in [5.74, 6) is 1.36. The molecule has 3 rings (SSSR count). The Morgan fingerprint density at radius 3 is 2.95 bits per heavy atom. The predicted molar refractivity (Wildman–Crippen MR) is 78.5 cm³/mol. The van der Waals surface area contributed by atoms with Gasteiger partial charge in [-0.25, -0.2) is 0 Å². The molecule has 2 nitrogen and oxygen atoms in total. The number of aryl methyl sites for hydroxylation is 1. The first-order chi connectivity index (χ1) is 9.43. The smallest absolute Gasteiger partial charge is 0.0534 e. The third-order valence-electron chi connectivity index (χ3n) is 4.57. The van der Waals surface area contributed by atoms with Crippen LogP contribution in [0.25, 0.3) is 0 Å². The molecule has 1 saturated heterocycles. The lowest BCUT2D eigenvalue weighted by molar-refractivity contribution is 0.0763. The number of hydrogen-bond acceptors (Lipinski definition) is 2. The molecule has 1 aromatic rings. The van der Waals surface area contributed by atoms with Crippen molar-refractivity contribution in [1.29, 1.82) is 0 Å². The summed E-state index contributed by atoms with van der Waals surface area (Å²) in [5.41, 5.74) is 3.08. The van der Waals surface area contributed by atoms with Gasteiger partial charge in [-0.3, -0.25) is 0 Å². The van der Waals surface area contributed by atoms with Crippen molar-refractivity contribution in [3.63, 3.8) is 0 Å². The Morgan fingerprint density at radius 1 is 1.11 bits per heavy atom. The van der Waals surface area contributed by atoms with E-state index >= 15 is 0 Å². The number of piperidine rings is 1. The van der Waals surface area contributed by atoms with E-state index in [0.717, 1.165) is 25.7 Å². The lowest BCUT2D eigenvalue weighted by Gasteiger charge is -2.27. The zero-order valence-electron chi connectivity index (χ0n) is 11.7. The van der Waals surface area contributed by atoms with Crippen LogP contribution in [0.5, 0.6) is 0 Å². The summed E-state index contributed by atoms with van der Waals surface area (Å²) < 4.78 is 6.03. The SMILES string of the molecule is c1ccc2c(c1)CCCC2COCC1CCCNC1. The zero-order chi connectivity index (χ0) is 12.9. The highest BCUT2D eigenvalue weighted by Gasteiger charge is 2.20. The van der Waals surface area contributed by atoms with Crippen molar-refractivity contribution in [3.05, 3.63) is 35.4 Å². The van der Waals surface area contributed by atoms with Crippen LogP contribution in [-0.2, 0) is 11.2 Å². The number of nitrogens with one attached hydrogen (secondary N) is 1. The number of hydrogen-bond donors (Lipinski definition) is 1. The molecule has 0 saturated carbocycles. The Labute approximate surface area is 116 Å². The van der Waals surface area contributed by atoms with E-state index in [0.29, 0.717) is 5.92 Å². The molecule has 2 heteroatoms. The fourth-order valence-electron chi connectivity index (χ4n) is 3.47. The molecule has 0 bridgehead atoms. The van der Waals surface area contributed by atoms with E-state index < -0.39 is 0 Å². The molecule has 0 amide bonds. The largest absolute Gasteiger partial charge is 0.380 e. The van der Waals surface area contributed by atoms with E-state index in [2.05, 4.69) is 29.6 Å². The van der Waals surface area contributed by atoms with Crippen LogP contribution in [-0.4, -0.2) is 26.3 Å². The summed E-state index contributed by atoms with van der Waals surface area (Å²) >= 11 is 0. The molecule has 1 aromatic carbocycles. The minimum absolute atomic E-state index is 0.626. The molecule has 1 N–H and O–H groups in total. The first-order valence-electron chi connectivity index (χ1n) is 7.80. The van der Waals surface area contributed by atoms with E-state index in [1.165, 1.54) is 44.2 Å². The van der Waals surface area contributed by atoms with Crippen LogP contribution in [0.2, 0.25) is 0 Å². The van der Waals surface area contributed by atoms with Gasteiger partial charge in [-0.15, -0.1) is 0 Å². The standard InChI is InChI=1S/C17H25NO/c1-2-9-17-15(6-1)7-3-8-16(17)13-19-12-14-5-4-10-18-11-14/h1-2,6,9,14,16,18H,3-5,7-8,10-13H2. The third-order valence-corrected chi connectivity index (χ3v) is 4.57. The lowest BCUT2D eigenvalue weighted by atomic mass is 9.83. The van der Waals surface area contributed by atoms with Crippen molar-refractivity contribution >= 4 is 0 Å². The van der Waals surface area contributed by atoms with Crippen LogP contribution in [0.4, 0.5) is 0 Å². The van der Waals surface area contributed by atoms with Crippen LogP contribution in [0.1, 0.15) is 42.7 Å². The number of rotatable bonds is 4. The number of benzene rings is 1. The summed E-state index contributed by atoms with van der Waals surface area (Å²) in [6, 6.07) is 8.91. The van der Waals surface area contributed by atoms with Crippen molar-refractivity contribution < 1.29 is 4.74 Å². The van der Waals surface area contributed by atoms with Gasteiger partial charge in [0.1, 0.15) is 0 Å². The van der Waals surface area contributed by atoms with Crippen molar-refractivity contribution in [2.75, 3.05) is 26.3 Å².